The highest BCUT2D eigenvalue weighted by molar-refractivity contribution is 5.92. The second-order valence-corrected chi connectivity index (χ2v) is 3.98. The summed E-state index contributed by atoms with van der Waals surface area (Å²) in [6.07, 6.45) is 1.48. The Hall–Kier alpha value is -1.58. The maximum absolute atomic E-state index is 11.7. The number of carbonyl (C=O) groups excluding carboxylic acids is 1. The van der Waals surface area contributed by atoms with E-state index in [0.29, 0.717) is 17.3 Å². The minimum absolute atomic E-state index is 0.136. The van der Waals surface area contributed by atoms with Crippen LogP contribution in [0.15, 0.2) is 18.3 Å². The number of nitrogens with two attached hydrogens (primary N) is 1. The van der Waals surface area contributed by atoms with Crippen molar-refractivity contribution >= 4 is 11.6 Å². The van der Waals surface area contributed by atoms with E-state index in [1.165, 1.54) is 6.20 Å². The lowest BCUT2D eigenvalue weighted by atomic mass is 10.1. The molecular weight excluding hydrogens is 190 g/mol. The van der Waals surface area contributed by atoms with Gasteiger partial charge in [-0.3, -0.25) is 4.79 Å². The molecule has 0 bridgehead atoms. The fraction of sp³-hybridized carbons (Fsp3) is 0.455. The summed E-state index contributed by atoms with van der Waals surface area (Å²) in [6.45, 7) is 6.09. The molecule has 0 aliphatic rings. The van der Waals surface area contributed by atoms with Crippen LogP contribution in [0.2, 0.25) is 0 Å². The van der Waals surface area contributed by atoms with Gasteiger partial charge < -0.3 is 11.1 Å². The number of nitrogens with one attached hydrogen (secondary N) is 1. The van der Waals surface area contributed by atoms with Gasteiger partial charge in [-0.05, 0) is 25.0 Å². The summed E-state index contributed by atoms with van der Waals surface area (Å²) < 4.78 is 0. The van der Waals surface area contributed by atoms with Gasteiger partial charge in [0.1, 0.15) is 5.69 Å². The zero-order chi connectivity index (χ0) is 11.4. The first-order valence-corrected chi connectivity index (χ1v) is 5.03. The van der Waals surface area contributed by atoms with Crippen LogP contribution in [-0.4, -0.2) is 16.9 Å². The number of anilines is 1. The van der Waals surface area contributed by atoms with Crippen LogP contribution in [-0.2, 0) is 0 Å². The van der Waals surface area contributed by atoms with Gasteiger partial charge in [0, 0.05) is 6.04 Å². The number of hydrogen-bond donors (Lipinski definition) is 2. The number of hydrogen-bond acceptors (Lipinski definition) is 3. The third kappa shape index (κ3) is 3.23. The fourth-order valence-electron chi connectivity index (χ4n) is 0.987. The molecule has 1 atom stereocenters. The maximum Gasteiger partial charge on any atom is 0.270 e. The molecule has 1 unspecified atom stereocenters. The van der Waals surface area contributed by atoms with Gasteiger partial charge in [-0.2, -0.15) is 0 Å². The van der Waals surface area contributed by atoms with Crippen LogP contribution in [0.3, 0.4) is 0 Å². The largest absolute Gasteiger partial charge is 0.397 e. The lowest BCUT2D eigenvalue weighted by molar-refractivity contribution is 0.0925. The average molecular weight is 207 g/mol. The molecule has 3 N–H and O–H groups in total. The van der Waals surface area contributed by atoms with Crippen LogP contribution in [0.25, 0.3) is 0 Å². The van der Waals surface area contributed by atoms with Crippen molar-refractivity contribution in [2.45, 2.75) is 26.8 Å². The van der Waals surface area contributed by atoms with E-state index in [2.05, 4.69) is 24.1 Å². The van der Waals surface area contributed by atoms with Gasteiger partial charge in [0.15, 0.2) is 0 Å². The van der Waals surface area contributed by atoms with Crippen molar-refractivity contribution in [3.63, 3.8) is 0 Å². The van der Waals surface area contributed by atoms with E-state index in [1.807, 2.05) is 6.92 Å². The third-order valence-electron chi connectivity index (χ3n) is 2.38. The van der Waals surface area contributed by atoms with Crippen LogP contribution in [0.4, 0.5) is 5.69 Å². The summed E-state index contributed by atoms with van der Waals surface area (Å²) in [5.74, 6) is 0.249. The van der Waals surface area contributed by atoms with E-state index in [4.69, 9.17) is 5.73 Å². The molecule has 4 nitrogen and oxygen atoms in total. The summed E-state index contributed by atoms with van der Waals surface area (Å²) >= 11 is 0. The van der Waals surface area contributed by atoms with Crippen LogP contribution in [0.1, 0.15) is 31.3 Å². The molecule has 1 rings (SSSR count). The summed E-state index contributed by atoms with van der Waals surface area (Å²) in [5, 5.41) is 2.87. The molecule has 0 fully saturated rings. The van der Waals surface area contributed by atoms with Gasteiger partial charge in [0.05, 0.1) is 11.9 Å². The Morgan fingerprint density at radius 3 is 2.53 bits per heavy atom. The molecule has 0 spiro atoms. The summed E-state index contributed by atoms with van der Waals surface area (Å²) in [5.41, 5.74) is 6.44. The van der Waals surface area contributed by atoms with E-state index < -0.39 is 0 Å². The highest BCUT2D eigenvalue weighted by Crippen LogP contribution is 2.04. The number of carbonyl (C=O) groups is 1. The van der Waals surface area contributed by atoms with Crippen LogP contribution in [0.5, 0.6) is 0 Å². The monoisotopic (exact) mass is 207 g/mol. The molecule has 1 aromatic rings. The number of amides is 1. The average Bonchev–Trinajstić information content (AvgIpc) is 2.18. The molecule has 1 amide bonds. The van der Waals surface area contributed by atoms with Gasteiger partial charge in [0.2, 0.25) is 0 Å². The summed E-state index contributed by atoms with van der Waals surface area (Å²) in [7, 11) is 0. The van der Waals surface area contributed by atoms with E-state index in [1.54, 1.807) is 12.1 Å². The number of nitrogens with zero attached hydrogens (tertiary/aromatic N) is 1. The minimum Gasteiger partial charge on any atom is -0.397 e. The van der Waals surface area contributed by atoms with E-state index in [0.717, 1.165) is 0 Å². The zero-order valence-corrected chi connectivity index (χ0v) is 9.32. The lowest BCUT2D eigenvalue weighted by Gasteiger charge is -2.16. The first-order chi connectivity index (χ1) is 7.00. The quantitative estimate of drug-likeness (QED) is 0.788. The normalized spacial score (nSPS) is 12.5. The number of pyridine rings is 1. The minimum atomic E-state index is -0.156. The predicted molar refractivity (Wildman–Crippen MR) is 60.4 cm³/mol. The summed E-state index contributed by atoms with van der Waals surface area (Å²) in [4.78, 5) is 15.6. The Morgan fingerprint density at radius 2 is 2.07 bits per heavy atom. The fourth-order valence-corrected chi connectivity index (χ4v) is 0.987. The van der Waals surface area contributed by atoms with Crippen molar-refractivity contribution in [1.82, 2.24) is 10.3 Å². The lowest BCUT2D eigenvalue weighted by Crippen LogP contribution is -2.36. The molecule has 82 valence electrons. The highest BCUT2D eigenvalue weighted by Gasteiger charge is 2.12. The van der Waals surface area contributed by atoms with E-state index in [9.17, 15) is 4.79 Å². The van der Waals surface area contributed by atoms with Crippen molar-refractivity contribution in [2.75, 3.05) is 5.73 Å². The second-order valence-electron chi connectivity index (χ2n) is 3.98. The highest BCUT2D eigenvalue weighted by atomic mass is 16.1. The molecule has 0 aliphatic heterocycles. The van der Waals surface area contributed by atoms with Crippen LogP contribution < -0.4 is 11.1 Å². The van der Waals surface area contributed by atoms with E-state index >= 15 is 0 Å². The Morgan fingerprint density at radius 1 is 1.40 bits per heavy atom. The smallest absolute Gasteiger partial charge is 0.270 e. The van der Waals surface area contributed by atoms with Gasteiger partial charge in [0.25, 0.3) is 5.91 Å². The molecule has 1 heterocycles. The Labute approximate surface area is 89.9 Å². The van der Waals surface area contributed by atoms with Gasteiger partial charge in [-0.15, -0.1) is 0 Å². The molecule has 0 saturated heterocycles. The number of aromatic nitrogens is 1. The topological polar surface area (TPSA) is 68.0 Å². The Balaban J connectivity index is 2.65. The van der Waals surface area contributed by atoms with Crippen LogP contribution >= 0.6 is 0 Å². The molecule has 0 aliphatic carbocycles. The Kier molecular flexibility index (Phi) is 3.66. The molecule has 15 heavy (non-hydrogen) atoms. The molecule has 0 saturated carbocycles. The van der Waals surface area contributed by atoms with Gasteiger partial charge in [-0.25, -0.2) is 4.98 Å². The third-order valence-corrected chi connectivity index (χ3v) is 2.38. The van der Waals surface area contributed by atoms with Crippen molar-refractivity contribution in [1.29, 1.82) is 0 Å². The standard InChI is InChI=1S/C11H17N3O/c1-7(2)8(3)14-11(15)10-5-4-9(12)6-13-10/h4-8H,12H2,1-3H3,(H,14,15). The first-order valence-electron chi connectivity index (χ1n) is 5.03. The van der Waals surface area contributed by atoms with Gasteiger partial charge >= 0.3 is 0 Å². The van der Waals surface area contributed by atoms with Gasteiger partial charge in [-0.1, -0.05) is 13.8 Å². The molecule has 1 aromatic heterocycles. The van der Waals surface area contributed by atoms with Crippen molar-refractivity contribution in [3.05, 3.63) is 24.0 Å². The number of nitrogen functional groups attached to an aromatic ring is 1. The first kappa shape index (κ1) is 11.5. The number of rotatable bonds is 3. The Bertz CT molecular complexity index is 332. The van der Waals surface area contributed by atoms with Crippen molar-refractivity contribution < 1.29 is 4.79 Å². The zero-order valence-electron chi connectivity index (χ0n) is 9.32. The summed E-state index contributed by atoms with van der Waals surface area (Å²) in [6, 6.07) is 3.43. The molecule has 0 aromatic carbocycles. The maximum atomic E-state index is 11.7. The van der Waals surface area contributed by atoms with Crippen molar-refractivity contribution in [2.24, 2.45) is 5.92 Å². The van der Waals surface area contributed by atoms with E-state index in [-0.39, 0.29) is 11.9 Å². The SMILES string of the molecule is CC(C)C(C)NC(=O)c1ccc(N)cn1. The van der Waals surface area contributed by atoms with Crippen LogP contribution in [0, 0.1) is 5.92 Å². The second kappa shape index (κ2) is 4.77. The predicted octanol–water partition coefficient (Wildman–Crippen LogP) is 1.44. The molecule has 4 heteroatoms. The molecule has 0 radical (unpaired) electrons. The molecular formula is C11H17N3O. The van der Waals surface area contributed by atoms with Crippen molar-refractivity contribution in [3.8, 4) is 0 Å².